The summed E-state index contributed by atoms with van der Waals surface area (Å²) >= 11 is 0. The number of rotatable bonds is 10. The predicted octanol–water partition coefficient (Wildman–Crippen LogP) is 2.80. The van der Waals surface area contributed by atoms with Gasteiger partial charge in [0.15, 0.2) is 0 Å². The van der Waals surface area contributed by atoms with Crippen LogP contribution < -0.4 is 0 Å². The number of hydrogen-bond acceptors (Lipinski definition) is 7. The van der Waals surface area contributed by atoms with Gasteiger partial charge in [-0.3, -0.25) is 8.37 Å². The molecule has 0 spiro atoms. The lowest BCUT2D eigenvalue weighted by molar-refractivity contribution is 0.0245. The highest BCUT2D eigenvalue weighted by atomic mass is 32.2. The fraction of sp³-hybridized carbons (Fsp3) is 0.400. The van der Waals surface area contributed by atoms with Crippen LogP contribution in [0.4, 0.5) is 0 Å². The Labute approximate surface area is 172 Å². The molecule has 0 unspecified atom stereocenters. The van der Waals surface area contributed by atoms with E-state index in [1.54, 1.807) is 31.2 Å². The van der Waals surface area contributed by atoms with Gasteiger partial charge in [0, 0.05) is 5.41 Å². The minimum atomic E-state index is -4.06. The van der Waals surface area contributed by atoms with Crippen molar-refractivity contribution in [3.05, 3.63) is 59.7 Å². The first kappa shape index (κ1) is 23.5. The zero-order valence-corrected chi connectivity index (χ0v) is 18.3. The highest BCUT2D eigenvalue weighted by molar-refractivity contribution is 7.87. The van der Waals surface area contributed by atoms with Crippen molar-refractivity contribution in [1.29, 1.82) is 0 Å². The molecule has 29 heavy (non-hydrogen) atoms. The van der Waals surface area contributed by atoms with Crippen molar-refractivity contribution in [2.45, 2.75) is 37.0 Å². The average molecular weight is 443 g/mol. The average Bonchev–Trinajstić information content (AvgIpc) is 2.69. The molecule has 1 N–H and O–H groups in total. The van der Waals surface area contributed by atoms with E-state index >= 15 is 0 Å². The monoisotopic (exact) mass is 442 g/mol. The van der Waals surface area contributed by atoms with Crippen molar-refractivity contribution < 1.29 is 30.3 Å². The van der Waals surface area contributed by atoms with E-state index in [0.717, 1.165) is 11.1 Å². The second kappa shape index (κ2) is 9.36. The van der Waals surface area contributed by atoms with E-state index in [1.165, 1.54) is 24.3 Å². The van der Waals surface area contributed by atoms with Gasteiger partial charge in [-0.15, -0.1) is 0 Å². The summed E-state index contributed by atoms with van der Waals surface area (Å²) in [5.41, 5.74) is 0.601. The molecule has 0 heterocycles. The first-order valence-electron chi connectivity index (χ1n) is 9.07. The molecule has 0 aliphatic heterocycles. The van der Waals surface area contributed by atoms with Gasteiger partial charge < -0.3 is 5.11 Å². The van der Waals surface area contributed by atoms with Crippen LogP contribution >= 0.6 is 0 Å². The van der Waals surface area contributed by atoms with Gasteiger partial charge in [-0.1, -0.05) is 42.3 Å². The van der Waals surface area contributed by atoms with E-state index in [-0.39, 0.29) is 16.2 Å². The maximum atomic E-state index is 12.4. The number of aryl methyl sites for hydroxylation is 2. The molecular weight excluding hydrogens is 416 g/mol. The molecule has 0 aromatic heterocycles. The summed E-state index contributed by atoms with van der Waals surface area (Å²) in [6, 6.07) is 12.3. The lowest BCUT2D eigenvalue weighted by atomic mass is 9.88. The summed E-state index contributed by atoms with van der Waals surface area (Å²) in [6.07, 6.45) is 0.246. The molecule has 2 rings (SSSR count). The summed E-state index contributed by atoms with van der Waals surface area (Å²) in [5, 5.41) is 9.83. The Kier molecular flexibility index (Phi) is 7.58. The smallest absolute Gasteiger partial charge is 0.296 e. The summed E-state index contributed by atoms with van der Waals surface area (Å²) in [7, 11) is -8.11. The van der Waals surface area contributed by atoms with Crippen molar-refractivity contribution in [1.82, 2.24) is 0 Å². The largest absolute Gasteiger partial charge is 0.396 e. The van der Waals surface area contributed by atoms with E-state index < -0.39 is 45.5 Å². The SMILES string of the molecule is CCC(CO)(COS(=O)(=O)c1ccc(C)cc1)COS(=O)(=O)c1ccc(C)cc1. The maximum absolute atomic E-state index is 12.4. The number of hydrogen-bond donors (Lipinski definition) is 1. The quantitative estimate of drug-likeness (QED) is 0.564. The zero-order valence-electron chi connectivity index (χ0n) is 16.7. The Hall–Kier alpha value is -1.78. The molecule has 9 heteroatoms. The van der Waals surface area contributed by atoms with Gasteiger partial charge in [0.2, 0.25) is 0 Å². The molecule has 0 radical (unpaired) electrons. The fourth-order valence-corrected chi connectivity index (χ4v) is 4.42. The fourth-order valence-electron chi connectivity index (χ4n) is 2.40. The second-order valence-electron chi connectivity index (χ2n) is 7.07. The van der Waals surface area contributed by atoms with Crippen LogP contribution in [0.1, 0.15) is 24.5 Å². The van der Waals surface area contributed by atoms with Crippen LogP contribution in [0.5, 0.6) is 0 Å². The van der Waals surface area contributed by atoms with Gasteiger partial charge in [0.1, 0.15) is 0 Å². The molecule has 2 aromatic carbocycles. The molecule has 2 aromatic rings. The topological polar surface area (TPSA) is 107 Å². The molecular formula is C20H26O7S2. The van der Waals surface area contributed by atoms with Gasteiger partial charge >= 0.3 is 0 Å². The molecule has 0 bridgehead atoms. The van der Waals surface area contributed by atoms with E-state index in [0.29, 0.717) is 0 Å². The summed E-state index contributed by atoms with van der Waals surface area (Å²) in [5.74, 6) is 0. The Morgan fingerprint density at radius 1 is 0.759 bits per heavy atom. The van der Waals surface area contributed by atoms with Crippen LogP contribution in [0, 0.1) is 19.3 Å². The normalized spacial score (nSPS) is 12.8. The van der Waals surface area contributed by atoms with Gasteiger partial charge in [0.25, 0.3) is 20.2 Å². The van der Waals surface area contributed by atoms with Gasteiger partial charge in [-0.05, 0) is 44.5 Å². The van der Waals surface area contributed by atoms with Crippen molar-refractivity contribution in [3.63, 3.8) is 0 Å². The van der Waals surface area contributed by atoms with E-state index in [9.17, 15) is 21.9 Å². The highest BCUT2D eigenvalue weighted by Gasteiger charge is 2.34. The predicted molar refractivity (Wildman–Crippen MR) is 108 cm³/mol. The van der Waals surface area contributed by atoms with Gasteiger partial charge in [-0.2, -0.15) is 16.8 Å². The third-order valence-corrected chi connectivity index (χ3v) is 7.30. The Morgan fingerprint density at radius 2 is 1.10 bits per heavy atom. The Morgan fingerprint density at radius 3 is 1.38 bits per heavy atom. The van der Waals surface area contributed by atoms with E-state index in [2.05, 4.69) is 0 Å². The number of aliphatic hydroxyl groups is 1. The van der Waals surface area contributed by atoms with Crippen LogP contribution in [-0.4, -0.2) is 41.8 Å². The molecule has 0 atom stereocenters. The summed E-state index contributed by atoms with van der Waals surface area (Å²) in [4.78, 5) is -0.0292. The molecule has 0 amide bonds. The van der Waals surface area contributed by atoms with Crippen LogP contribution in [0.25, 0.3) is 0 Å². The van der Waals surface area contributed by atoms with Crippen LogP contribution in [-0.2, 0) is 28.6 Å². The van der Waals surface area contributed by atoms with E-state index in [4.69, 9.17) is 8.37 Å². The number of aliphatic hydroxyl groups excluding tert-OH is 1. The molecule has 0 aliphatic rings. The molecule has 0 aliphatic carbocycles. The summed E-state index contributed by atoms with van der Waals surface area (Å²) < 4.78 is 59.9. The first-order valence-corrected chi connectivity index (χ1v) is 11.9. The van der Waals surface area contributed by atoms with E-state index in [1.807, 2.05) is 13.8 Å². The van der Waals surface area contributed by atoms with Crippen molar-refractivity contribution >= 4 is 20.2 Å². The zero-order chi connectivity index (χ0) is 21.7. The van der Waals surface area contributed by atoms with Crippen LogP contribution in [0.2, 0.25) is 0 Å². The molecule has 160 valence electrons. The highest BCUT2D eigenvalue weighted by Crippen LogP contribution is 2.27. The third-order valence-electron chi connectivity index (χ3n) is 4.75. The standard InChI is InChI=1S/C20H26O7S2/c1-4-20(13-21,14-26-28(22,23)18-9-5-16(2)6-10-18)15-27-29(24,25)19-11-7-17(3)8-12-19/h5-12,21H,4,13-15H2,1-3H3. The third kappa shape index (κ3) is 6.10. The van der Waals surface area contributed by atoms with Crippen molar-refractivity contribution in [2.24, 2.45) is 5.41 Å². The van der Waals surface area contributed by atoms with Crippen molar-refractivity contribution in [3.8, 4) is 0 Å². The molecule has 0 fully saturated rings. The molecule has 0 saturated heterocycles. The Bertz CT molecular complexity index is 924. The molecule has 0 saturated carbocycles. The maximum Gasteiger partial charge on any atom is 0.296 e. The lowest BCUT2D eigenvalue weighted by Crippen LogP contribution is -2.37. The minimum Gasteiger partial charge on any atom is -0.396 e. The number of benzene rings is 2. The lowest BCUT2D eigenvalue weighted by Gasteiger charge is -2.29. The van der Waals surface area contributed by atoms with Crippen LogP contribution in [0.3, 0.4) is 0 Å². The summed E-state index contributed by atoms with van der Waals surface area (Å²) in [6.45, 7) is 4.02. The van der Waals surface area contributed by atoms with Gasteiger partial charge in [0.05, 0.1) is 29.6 Å². The van der Waals surface area contributed by atoms with Crippen molar-refractivity contribution in [2.75, 3.05) is 19.8 Å². The van der Waals surface area contributed by atoms with Crippen LogP contribution in [0.15, 0.2) is 58.3 Å². The second-order valence-corrected chi connectivity index (χ2v) is 10.3. The Balaban J connectivity index is 2.12. The molecule has 7 nitrogen and oxygen atoms in total. The minimum absolute atomic E-state index is 0.0146. The first-order chi connectivity index (χ1) is 13.5. The van der Waals surface area contributed by atoms with Gasteiger partial charge in [-0.25, -0.2) is 0 Å².